The molecule has 0 bridgehead atoms. The maximum atomic E-state index is 12.4. The number of hydrogen-bond acceptors (Lipinski definition) is 6. The molecule has 1 aliphatic heterocycles. The fourth-order valence-corrected chi connectivity index (χ4v) is 3.75. The maximum Gasteiger partial charge on any atom is 0.271 e. The van der Waals surface area contributed by atoms with Crippen LogP contribution in [0.25, 0.3) is 0 Å². The first-order chi connectivity index (χ1) is 13.5. The SMILES string of the molecule is [2H]C(c1ccccc1)S(=O)(=O)OC[C@H]1OCC[C@@H](O)[C@@H]1OCc1ccccc1. The van der Waals surface area contributed by atoms with E-state index < -0.39 is 34.2 Å². The predicted molar refractivity (Wildman–Crippen MR) is 100 cm³/mol. The summed E-state index contributed by atoms with van der Waals surface area (Å²) in [6, 6.07) is 17.7. The van der Waals surface area contributed by atoms with Crippen molar-refractivity contribution in [2.24, 2.45) is 0 Å². The highest BCUT2D eigenvalue weighted by molar-refractivity contribution is 7.85. The van der Waals surface area contributed by atoms with E-state index in [2.05, 4.69) is 0 Å². The van der Waals surface area contributed by atoms with Gasteiger partial charge < -0.3 is 14.6 Å². The van der Waals surface area contributed by atoms with Crippen LogP contribution in [-0.4, -0.2) is 45.0 Å². The lowest BCUT2D eigenvalue weighted by atomic mass is 10.0. The molecular weight excluding hydrogens is 368 g/mol. The summed E-state index contributed by atoms with van der Waals surface area (Å²) in [5, 5.41) is 10.3. The maximum absolute atomic E-state index is 12.4. The highest BCUT2D eigenvalue weighted by atomic mass is 32.2. The van der Waals surface area contributed by atoms with E-state index in [1.165, 1.54) is 0 Å². The van der Waals surface area contributed by atoms with Gasteiger partial charge in [-0.25, -0.2) is 0 Å². The molecule has 0 saturated carbocycles. The Labute approximate surface area is 161 Å². The van der Waals surface area contributed by atoms with Gasteiger partial charge in [-0.1, -0.05) is 60.7 Å². The molecule has 7 heteroatoms. The molecule has 0 aliphatic carbocycles. The molecule has 146 valence electrons. The van der Waals surface area contributed by atoms with Crippen LogP contribution in [0.1, 0.15) is 18.9 Å². The first-order valence-corrected chi connectivity index (χ1v) is 10.2. The van der Waals surface area contributed by atoms with Crippen molar-refractivity contribution in [2.45, 2.75) is 37.1 Å². The number of aliphatic hydroxyl groups is 1. The Bertz CT molecular complexity index is 830. The molecule has 1 N–H and O–H groups in total. The van der Waals surface area contributed by atoms with Gasteiger partial charge in [0.05, 0.1) is 20.7 Å². The van der Waals surface area contributed by atoms with Crippen LogP contribution < -0.4 is 0 Å². The number of benzene rings is 2. The lowest BCUT2D eigenvalue weighted by Crippen LogP contribution is -2.48. The number of ether oxygens (including phenoxy) is 2. The third-order valence-corrected chi connectivity index (χ3v) is 5.28. The molecule has 1 unspecified atom stereocenters. The molecule has 0 amide bonds. The minimum absolute atomic E-state index is 0.264. The van der Waals surface area contributed by atoms with E-state index in [1.807, 2.05) is 30.3 Å². The van der Waals surface area contributed by atoms with E-state index in [1.54, 1.807) is 30.3 Å². The molecule has 0 radical (unpaired) electrons. The summed E-state index contributed by atoms with van der Waals surface area (Å²) in [4.78, 5) is 0. The summed E-state index contributed by atoms with van der Waals surface area (Å²) in [5.41, 5.74) is -0.294. The lowest BCUT2D eigenvalue weighted by molar-refractivity contribution is -0.172. The second kappa shape index (κ2) is 9.43. The van der Waals surface area contributed by atoms with Crippen LogP contribution >= 0.6 is 0 Å². The monoisotopic (exact) mass is 393 g/mol. The van der Waals surface area contributed by atoms with Gasteiger partial charge in [-0.05, 0) is 17.5 Å². The van der Waals surface area contributed by atoms with Crippen LogP contribution in [0.4, 0.5) is 0 Å². The standard InChI is InChI=1S/C20H24O6S/c21-18-11-12-24-19(20(18)25-13-16-7-3-1-4-8-16)14-26-27(22,23)15-17-9-5-2-6-10-17/h1-10,18-21H,11-15H2/t18-,19-,20+/m1/s1/i15D/t15?,18-,19-,20+. The van der Waals surface area contributed by atoms with Gasteiger partial charge in [-0.2, -0.15) is 8.42 Å². The van der Waals surface area contributed by atoms with E-state index in [0.29, 0.717) is 12.0 Å². The molecule has 0 spiro atoms. The molecule has 2 aromatic carbocycles. The van der Waals surface area contributed by atoms with Crippen molar-refractivity contribution in [1.82, 2.24) is 0 Å². The van der Waals surface area contributed by atoms with Gasteiger partial charge in [0.15, 0.2) is 0 Å². The molecule has 1 heterocycles. The van der Waals surface area contributed by atoms with Gasteiger partial charge in [0.25, 0.3) is 10.1 Å². The Morgan fingerprint density at radius 1 is 1.07 bits per heavy atom. The third kappa shape index (κ3) is 6.12. The summed E-state index contributed by atoms with van der Waals surface area (Å²) < 4.78 is 49.2. The van der Waals surface area contributed by atoms with Crippen molar-refractivity contribution in [1.29, 1.82) is 0 Å². The molecule has 1 saturated heterocycles. The second-order valence-corrected chi connectivity index (χ2v) is 7.79. The fourth-order valence-electron chi connectivity index (χ4n) is 2.87. The zero-order valence-corrected chi connectivity index (χ0v) is 15.6. The molecule has 27 heavy (non-hydrogen) atoms. The van der Waals surface area contributed by atoms with E-state index in [4.69, 9.17) is 15.0 Å². The third-order valence-electron chi connectivity index (χ3n) is 4.25. The van der Waals surface area contributed by atoms with E-state index in [9.17, 15) is 13.5 Å². The van der Waals surface area contributed by atoms with Crippen LogP contribution in [0.3, 0.4) is 0 Å². The minimum Gasteiger partial charge on any atom is -0.390 e. The van der Waals surface area contributed by atoms with Gasteiger partial charge in [-0.3, -0.25) is 4.18 Å². The van der Waals surface area contributed by atoms with Crippen LogP contribution in [-0.2, 0) is 36.1 Å². The van der Waals surface area contributed by atoms with E-state index in [-0.39, 0.29) is 19.8 Å². The van der Waals surface area contributed by atoms with Gasteiger partial charge in [0.1, 0.15) is 17.9 Å². The van der Waals surface area contributed by atoms with Crippen molar-refractivity contribution >= 4 is 10.1 Å². The number of rotatable bonds is 8. The Morgan fingerprint density at radius 2 is 1.70 bits per heavy atom. The van der Waals surface area contributed by atoms with Crippen LogP contribution in [0.2, 0.25) is 0 Å². The highest BCUT2D eigenvalue weighted by Gasteiger charge is 2.35. The molecular formula is C20H24O6S. The topological polar surface area (TPSA) is 82.1 Å². The lowest BCUT2D eigenvalue weighted by Gasteiger charge is -2.35. The molecule has 0 aromatic heterocycles. The number of hydrogen-bond donors (Lipinski definition) is 1. The predicted octanol–water partition coefficient (Wildman–Crippen LogP) is 2.27. The Hall–Kier alpha value is -1.77. The minimum atomic E-state index is -4.17. The van der Waals surface area contributed by atoms with E-state index >= 15 is 0 Å². The van der Waals surface area contributed by atoms with Crippen molar-refractivity contribution in [3.05, 3.63) is 71.8 Å². The number of aliphatic hydroxyl groups excluding tert-OH is 1. The summed E-state index contributed by atoms with van der Waals surface area (Å²) in [5.74, 6) is 0. The zero-order chi connectivity index (χ0) is 20.0. The normalized spacial score (nSPS) is 24.9. The van der Waals surface area contributed by atoms with Crippen LogP contribution in [0.15, 0.2) is 60.7 Å². The fraction of sp³-hybridized carbons (Fsp3) is 0.400. The van der Waals surface area contributed by atoms with E-state index in [0.717, 1.165) is 5.56 Å². The molecule has 2 aromatic rings. The Balaban J connectivity index is 1.62. The quantitative estimate of drug-likeness (QED) is 0.693. The first-order valence-electron chi connectivity index (χ1n) is 9.36. The zero-order valence-electron chi connectivity index (χ0n) is 15.8. The van der Waals surface area contributed by atoms with Crippen molar-refractivity contribution in [3.8, 4) is 0 Å². The smallest absolute Gasteiger partial charge is 0.271 e. The summed E-state index contributed by atoms with van der Waals surface area (Å²) in [6.45, 7) is 0.227. The van der Waals surface area contributed by atoms with Crippen molar-refractivity contribution < 1.29 is 28.6 Å². The molecule has 3 rings (SSSR count). The summed E-state index contributed by atoms with van der Waals surface area (Å²) >= 11 is 0. The van der Waals surface area contributed by atoms with Gasteiger partial charge in [0, 0.05) is 6.61 Å². The Morgan fingerprint density at radius 3 is 2.37 bits per heavy atom. The summed E-state index contributed by atoms with van der Waals surface area (Å²) in [7, 11) is -4.17. The molecule has 1 aliphatic rings. The molecule has 4 atom stereocenters. The molecule has 1 fully saturated rings. The van der Waals surface area contributed by atoms with Crippen LogP contribution in [0.5, 0.6) is 0 Å². The average molecular weight is 393 g/mol. The Kier molecular flexibility index (Phi) is 6.49. The van der Waals surface area contributed by atoms with Crippen LogP contribution in [0, 0.1) is 0 Å². The van der Waals surface area contributed by atoms with Gasteiger partial charge in [-0.15, -0.1) is 0 Å². The van der Waals surface area contributed by atoms with Gasteiger partial charge >= 0.3 is 0 Å². The highest BCUT2D eigenvalue weighted by Crippen LogP contribution is 2.21. The summed E-state index contributed by atoms with van der Waals surface area (Å²) in [6.07, 6.45) is -1.85. The second-order valence-electron chi connectivity index (χ2n) is 6.33. The van der Waals surface area contributed by atoms with Crippen molar-refractivity contribution in [2.75, 3.05) is 13.2 Å². The largest absolute Gasteiger partial charge is 0.390 e. The van der Waals surface area contributed by atoms with Crippen molar-refractivity contribution in [3.63, 3.8) is 0 Å². The first kappa shape index (κ1) is 18.6. The average Bonchev–Trinajstić information content (AvgIpc) is 2.72. The molecule has 6 nitrogen and oxygen atoms in total. The van der Waals surface area contributed by atoms with Gasteiger partial charge in [0.2, 0.25) is 0 Å².